The highest BCUT2D eigenvalue weighted by Crippen LogP contribution is 2.30. The molecule has 0 bridgehead atoms. The monoisotopic (exact) mass is 288 g/mol. The minimum absolute atomic E-state index is 0.129. The van der Waals surface area contributed by atoms with E-state index in [0.717, 1.165) is 29.8 Å². The number of rotatable bonds is 7. The third-order valence-corrected chi connectivity index (χ3v) is 3.19. The van der Waals surface area contributed by atoms with Crippen LogP contribution in [0.1, 0.15) is 37.4 Å². The Bertz CT molecular complexity index is 574. The largest absolute Gasteiger partial charge is 0.494 e. The van der Waals surface area contributed by atoms with E-state index in [0.29, 0.717) is 6.61 Å². The molecule has 0 amide bonds. The molecular formula is C17H21FN2O. The van der Waals surface area contributed by atoms with Crippen molar-refractivity contribution >= 4 is 0 Å². The Balaban J connectivity index is 2.40. The van der Waals surface area contributed by atoms with E-state index >= 15 is 0 Å². The van der Waals surface area contributed by atoms with E-state index in [1.807, 2.05) is 31.2 Å². The molecule has 21 heavy (non-hydrogen) atoms. The SMILES string of the molecule is CCCNC(c1cncc(F)c1)c1ccccc1OCC. The van der Waals surface area contributed by atoms with Gasteiger partial charge in [-0.2, -0.15) is 0 Å². The number of halogens is 1. The molecule has 0 aliphatic carbocycles. The fourth-order valence-electron chi connectivity index (χ4n) is 2.29. The van der Waals surface area contributed by atoms with E-state index in [1.54, 1.807) is 6.20 Å². The summed E-state index contributed by atoms with van der Waals surface area (Å²) in [6.45, 7) is 5.48. The summed E-state index contributed by atoms with van der Waals surface area (Å²) in [5, 5.41) is 3.44. The van der Waals surface area contributed by atoms with Crippen molar-refractivity contribution in [3.8, 4) is 5.75 Å². The Labute approximate surface area is 125 Å². The number of ether oxygens (including phenoxy) is 1. The Morgan fingerprint density at radius 3 is 2.76 bits per heavy atom. The molecule has 1 unspecified atom stereocenters. The molecule has 1 N–H and O–H groups in total. The van der Waals surface area contributed by atoms with Gasteiger partial charge in [0.15, 0.2) is 0 Å². The summed E-state index contributed by atoms with van der Waals surface area (Å²) in [7, 11) is 0. The molecule has 0 aliphatic heterocycles. The Morgan fingerprint density at radius 2 is 2.05 bits per heavy atom. The Morgan fingerprint density at radius 1 is 1.24 bits per heavy atom. The molecule has 2 rings (SSSR count). The summed E-state index contributed by atoms with van der Waals surface area (Å²) < 4.78 is 19.2. The minimum Gasteiger partial charge on any atom is -0.494 e. The minimum atomic E-state index is -0.329. The lowest BCUT2D eigenvalue weighted by Crippen LogP contribution is -2.24. The fraction of sp³-hybridized carbons (Fsp3) is 0.353. The van der Waals surface area contributed by atoms with E-state index in [2.05, 4.69) is 17.2 Å². The van der Waals surface area contributed by atoms with Crippen molar-refractivity contribution in [2.24, 2.45) is 0 Å². The average Bonchev–Trinajstić information content (AvgIpc) is 2.49. The van der Waals surface area contributed by atoms with Crippen LogP contribution in [0.15, 0.2) is 42.7 Å². The summed E-state index contributed by atoms with van der Waals surface area (Å²) in [6.07, 6.45) is 3.91. The lowest BCUT2D eigenvalue weighted by atomic mass is 9.99. The quantitative estimate of drug-likeness (QED) is 0.843. The van der Waals surface area contributed by atoms with Crippen LogP contribution >= 0.6 is 0 Å². The van der Waals surface area contributed by atoms with Crippen molar-refractivity contribution < 1.29 is 9.13 Å². The van der Waals surface area contributed by atoms with Gasteiger partial charge in [0.2, 0.25) is 0 Å². The number of hydrogen-bond donors (Lipinski definition) is 1. The van der Waals surface area contributed by atoms with Crippen LogP contribution < -0.4 is 10.1 Å². The van der Waals surface area contributed by atoms with Crippen LogP contribution in [0.2, 0.25) is 0 Å². The molecule has 1 aromatic heterocycles. The van der Waals surface area contributed by atoms with Crippen molar-refractivity contribution in [3.05, 3.63) is 59.7 Å². The van der Waals surface area contributed by atoms with Crippen LogP contribution in [0.4, 0.5) is 4.39 Å². The third kappa shape index (κ3) is 4.02. The van der Waals surface area contributed by atoms with Crippen LogP contribution in [0.3, 0.4) is 0 Å². The molecule has 0 saturated carbocycles. The molecule has 0 aliphatic rings. The molecule has 0 saturated heterocycles. The second-order valence-corrected chi connectivity index (χ2v) is 4.79. The number of pyridine rings is 1. The van der Waals surface area contributed by atoms with E-state index in [4.69, 9.17) is 4.74 Å². The molecule has 4 heteroatoms. The molecule has 0 radical (unpaired) electrons. The van der Waals surface area contributed by atoms with Gasteiger partial charge in [-0.05, 0) is 37.6 Å². The topological polar surface area (TPSA) is 34.2 Å². The Hall–Kier alpha value is -1.94. The van der Waals surface area contributed by atoms with Crippen LogP contribution in [0.25, 0.3) is 0 Å². The number of hydrogen-bond acceptors (Lipinski definition) is 3. The second-order valence-electron chi connectivity index (χ2n) is 4.79. The summed E-state index contributed by atoms with van der Waals surface area (Å²) in [5.41, 5.74) is 1.80. The summed E-state index contributed by atoms with van der Waals surface area (Å²) in [6, 6.07) is 9.23. The van der Waals surface area contributed by atoms with Crippen LogP contribution in [-0.4, -0.2) is 18.1 Å². The summed E-state index contributed by atoms with van der Waals surface area (Å²) >= 11 is 0. The first kappa shape index (κ1) is 15.4. The molecule has 0 fully saturated rings. The van der Waals surface area contributed by atoms with Crippen molar-refractivity contribution in [2.75, 3.05) is 13.2 Å². The first-order chi connectivity index (χ1) is 10.3. The predicted molar refractivity (Wildman–Crippen MR) is 81.9 cm³/mol. The zero-order chi connectivity index (χ0) is 15.1. The van der Waals surface area contributed by atoms with Gasteiger partial charge in [0.1, 0.15) is 11.6 Å². The molecule has 1 aromatic carbocycles. The maximum atomic E-state index is 13.5. The first-order valence-electron chi connectivity index (χ1n) is 7.31. The van der Waals surface area contributed by atoms with Gasteiger partial charge in [0.25, 0.3) is 0 Å². The lowest BCUT2D eigenvalue weighted by molar-refractivity contribution is 0.333. The van der Waals surface area contributed by atoms with Gasteiger partial charge in [-0.25, -0.2) is 4.39 Å². The van der Waals surface area contributed by atoms with Crippen molar-refractivity contribution in [3.63, 3.8) is 0 Å². The normalized spacial score (nSPS) is 12.1. The maximum Gasteiger partial charge on any atom is 0.141 e. The molecule has 2 aromatic rings. The summed E-state index contributed by atoms with van der Waals surface area (Å²) in [4.78, 5) is 3.96. The second kappa shape index (κ2) is 7.74. The molecule has 3 nitrogen and oxygen atoms in total. The van der Waals surface area contributed by atoms with Crippen LogP contribution in [-0.2, 0) is 0 Å². The predicted octanol–water partition coefficient (Wildman–Crippen LogP) is 3.71. The zero-order valence-corrected chi connectivity index (χ0v) is 12.5. The number of benzene rings is 1. The molecule has 1 atom stereocenters. The third-order valence-electron chi connectivity index (χ3n) is 3.19. The smallest absolute Gasteiger partial charge is 0.141 e. The highest BCUT2D eigenvalue weighted by atomic mass is 19.1. The van der Waals surface area contributed by atoms with Crippen LogP contribution in [0, 0.1) is 5.82 Å². The number of nitrogens with one attached hydrogen (secondary N) is 1. The van der Waals surface area contributed by atoms with Gasteiger partial charge in [-0.1, -0.05) is 25.1 Å². The van der Waals surface area contributed by atoms with Crippen molar-refractivity contribution in [1.29, 1.82) is 0 Å². The average molecular weight is 288 g/mol. The maximum absolute atomic E-state index is 13.5. The van der Waals surface area contributed by atoms with Gasteiger partial charge >= 0.3 is 0 Å². The van der Waals surface area contributed by atoms with Gasteiger partial charge in [-0.15, -0.1) is 0 Å². The van der Waals surface area contributed by atoms with Crippen molar-refractivity contribution in [2.45, 2.75) is 26.3 Å². The number of nitrogens with zero attached hydrogens (tertiary/aromatic N) is 1. The van der Waals surface area contributed by atoms with E-state index in [1.165, 1.54) is 12.3 Å². The zero-order valence-electron chi connectivity index (χ0n) is 12.5. The molecule has 112 valence electrons. The molecule has 0 spiro atoms. The summed E-state index contributed by atoms with van der Waals surface area (Å²) in [5.74, 6) is 0.488. The number of aromatic nitrogens is 1. The highest BCUT2D eigenvalue weighted by Gasteiger charge is 2.18. The number of para-hydroxylation sites is 1. The lowest BCUT2D eigenvalue weighted by Gasteiger charge is -2.22. The highest BCUT2D eigenvalue weighted by molar-refractivity contribution is 5.41. The Kier molecular flexibility index (Phi) is 5.69. The first-order valence-corrected chi connectivity index (χ1v) is 7.31. The van der Waals surface area contributed by atoms with E-state index in [9.17, 15) is 4.39 Å². The van der Waals surface area contributed by atoms with Gasteiger partial charge in [0.05, 0.1) is 18.8 Å². The van der Waals surface area contributed by atoms with E-state index in [-0.39, 0.29) is 11.9 Å². The van der Waals surface area contributed by atoms with Crippen LogP contribution in [0.5, 0.6) is 5.75 Å². The van der Waals surface area contributed by atoms with Gasteiger partial charge in [0, 0.05) is 11.8 Å². The van der Waals surface area contributed by atoms with Gasteiger partial charge < -0.3 is 10.1 Å². The van der Waals surface area contributed by atoms with Gasteiger partial charge in [-0.3, -0.25) is 4.98 Å². The standard InChI is InChI=1S/C17H21FN2O/c1-3-9-20-17(13-10-14(18)12-19-11-13)15-7-5-6-8-16(15)21-4-2/h5-8,10-12,17,20H,3-4,9H2,1-2H3. The van der Waals surface area contributed by atoms with E-state index < -0.39 is 0 Å². The fourth-order valence-corrected chi connectivity index (χ4v) is 2.29. The molecule has 1 heterocycles. The van der Waals surface area contributed by atoms with Crippen molar-refractivity contribution in [1.82, 2.24) is 10.3 Å². The molecular weight excluding hydrogens is 267 g/mol.